The van der Waals surface area contributed by atoms with Crippen molar-refractivity contribution in [3.05, 3.63) is 23.8 Å². The van der Waals surface area contributed by atoms with Crippen molar-refractivity contribution in [1.82, 2.24) is 0 Å². The molecule has 4 nitrogen and oxygen atoms in total. The highest BCUT2D eigenvalue weighted by atomic mass is 16.5. The number of fused-ring (bicyclic) bond motifs is 1. The first kappa shape index (κ1) is 10.8. The molecule has 2 rings (SSSR count). The zero-order valence-corrected chi connectivity index (χ0v) is 9.19. The Balaban J connectivity index is 2.20. The number of carboxylic acids is 1. The van der Waals surface area contributed by atoms with Crippen molar-refractivity contribution in [3.63, 3.8) is 0 Å². The van der Waals surface area contributed by atoms with Crippen molar-refractivity contribution in [1.29, 1.82) is 0 Å². The number of ether oxygens (including phenoxy) is 1. The van der Waals surface area contributed by atoms with E-state index in [1.807, 2.05) is 25.1 Å². The largest absolute Gasteiger partial charge is 0.493 e. The van der Waals surface area contributed by atoms with Crippen molar-refractivity contribution in [2.24, 2.45) is 0 Å². The predicted octanol–water partition coefficient (Wildman–Crippen LogP) is 1.90. The lowest BCUT2D eigenvalue weighted by atomic mass is 10.1. The lowest BCUT2D eigenvalue weighted by molar-refractivity contribution is -0.137. The zero-order valence-electron chi connectivity index (χ0n) is 9.19. The molecule has 1 heterocycles. The van der Waals surface area contributed by atoms with Gasteiger partial charge in [0.1, 0.15) is 11.8 Å². The van der Waals surface area contributed by atoms with Crippen LogP contribution in [0.3, 0.4) is 0 Å². The molecule has 0 spiro atoms. The molecule has 2 N–H and O–H groups in total. The maximum absolute atomic E-state index is 10.9. The summed E-state index contributed by atoms with van der Waals surface area (Å²) in [6.45, 7) is 2.70. The van der Waals surface area contributed by atoms with Gasteiger partial charge in [-0.15, -0.1) is 0 Å². The topological polar surface area (TPSA) is 58.6 Å². The van der Waals surface area contributed by atoms with E-state index in [0.717, 1.165) is 23.4 Å². The Hall–Kier alpha value is -1.71. The molecule has 1 aliphatic heterocycles. The molecule has 0 amide bonds. The number of benzene rings is 1. The van der Waals surface area contributed by atoms with Crippen LogP contribution in [0.25, 0.3) is 0 Å². The molecule has 1 unspecified atom stereocenters. The molecule has 86 valence electrons. The molecule has 1 atom stereocenters. The molecule has 0 saturated carbocycles. The lowest BCUT2D eigenvalue weighted by Crippen LogP contribution is -2.26. The summed E-state index contributed by atoms with van der Waals surface area (Å²) in [6.07, 6.45) is 1.43. The van der Waals surface area contributed by atoms with Gasteiger partial charge in [0.2, 0.25) is 0 Å². The van der Waals surface area contributed by atoms with Gasteiger partial charge in [-0.25, -0.2) is 4.79 Å². The average Bonchev–Trinajstić information content (AvgIpc) is 2.70. The van der Waals surface area contributed by atoms with E-state index in [1.165, 1.54) is 0 Å². The van der Waals surface area contributed by atoms with E-state index in [-0.39, 0.29) is 0 Å². The minimum absolute atomic E-state index is 0.491. The Labute approximate surface area is 94.2 Å². The van der Waals surface area contributed by atoms with Crippen LogP contribution in [0.1, 0.15) is 18.9 Å². The quantitative estimate of drug-likeness (QED) is 0.815. The van der Waals surface area contributed by atoms with E-state index in [9.17, 15) is 4.79 Å². The number of rotatable bonds is 4. The predicted molar refractivity (Wildman–Crippen MR) is 61.0 cm³/mol. The number of carboxylic acid groups (broad SMARTS) is 1. The van der Waals surface area contributed by atoms with Crippen LogP contribution in [0.4, 0.5) is 5.69 Å². The SMILES string of the molecule is CCCOc1cccc2c1CC(C(=O)O)N2. The third-order valence-corrected chi connectivity index (χ3v) is 2.63. The number of nitrogens with one attached hydrogen (secondary N) is 1. The van der Waals surface area contributed by atoms with Gasteiger partial charge < -0.3 is 15.2 Å². The Kier molecular flexibility index (Phi) is 2.99. The van der Waals surface area contributed by atoms with Gasteiger partial charge in [0.05, 0.1) is 6.61 Å². The molecule has 0 aromatic heterocycles. The first-order chi connectivity index (χ1) is 7.72. The molecule has 0 aliphatic carbocycles. The van der Waals surface area contributed by atoms with Gasteiger partial charge in [-0.3, -0.25) is 0 Å². The van der Waals surface area contributed by atoms with Gasteiger partial charge >= 0.3 is 5.97 Å². The third kappa shape index (κ3) is 1.96. The fourth-order valence-electron chi connectivity index (χ4n) is 1.85. The van der Waals surface area contributed by atoms with E-state index < -0.39 is 12.0 Å². The van der Waals surface area contributed by atoms with E-state index in [2.05, 4.69) is 5.32 Å². The Bertz CT molecular complexity index is 403. The second-order valence-corrected chi connectivity index (χ2v) is 3.87. The maximum atomic E-state index is 10.9. The Morgan fingerprint density at radius 2 is 2.44 bits per heavy atom. The summed E-state index contributed by atoms with van der Waals surface area (Å²) in [6, 6.07) is 5.12. The van der Waals surface area contributed by atoms with E-state index in [1.54, 1.807) is 0 Å². The summed E-state index contributed by atoms with van der Waals surface area (Å²) in [7, 11) is 0. The Morgan fingerprint density at radius 1 is 1.62 bits per heavy atom. The summed E-state index contributed by atoms with van der Waals surface area (Å²) in [4.78, 5) is 10.9. The molecular formula is C12H15NO3. The van der Waals surface area contributed by atoms with Crippen LogP contribution >= 0.6 is 0 Å². The van der Waals surface area contributed by atoms with Crippen LogP contribution < -0.4 is 10.1 Å². The smallest absolute Gasteiger partial charge is 0.326 e. The van der Waals surface area contributed by atoms with Crippen LogP contribution in [0, 0.1) is 0 Å². The second kappa shape index (κ2) is 4.43. The van der Waals surface area contributed by atoms with Gasteiger partial charge in [0, 0.05) is 17.7 Å². The molecule has 1 aromatic rings. The summed E-state index contributed by atoms with van der Waals surface area (Å²) in [5.41, 5.74) is 1.85. The lowest BCUT2D eigenvalue weighted by Gasteiger charge is -2.08. The van der Waals surface area contributed by atoms with Crippen molar-refractivity contribution in [2.45, 2.75) is 25.8 Å². The summed E-state index contributed by atoms with van der Waals surface area (Å²) >= 11 is 0. The van der Waals surface area contributed by atoms with E-state index in [0.29, 0.717) is 13.0 Å². The van der Waals surface area contributed by atoms with E-state index >= 15 is 0 Å². The number of hydrogen-bond acceptors (Lipinski definition) is 3. The highest BCUT2D eigenvalue weighted by molar-refractivity contribution is 5.82. The molecule has 1 aliphatic rings. The summed E-state index contributed by atoms with van der Waals surface area (Å²) < 4.78 is 5.59. The van der Waals surface area contributed by atoms with Crippen LogP contribution in [-0.4, -0.2) is 23.7 Å². The van der Waals surface area contributed by atoms with Crippen LogP contribution in [0.15, 0.2) is 18.2 Å². The molecule has 1 aromatic carbocycles. The van der Waals surface area contributed by atoms with Crippen molar-refractivity contribution in [2.75, 3.05) is 11.9 Å². The standard InChI is InChI=1S/C12H15NO3/c1-2-6-16-11-5-3-4-9-8(11)7-10(13-9)12(14)15/h3-5,10,13H,2,6-7H2,1H3,(H,14,15). The maximum Gasteiger partial charge on any atom is 0.326 e. The highest BCUT2D eigenvalue weighted by Gasteiger charge is 2.28. The molecule has 0 fully saturated rings. The number of anilines is 1. The Morgan fingerprint density at radius 3 is 3.12 bits per heavy atom. The first-order valence-electron chi connectivity index (χ1n) is 5.46. The molecule has 0 saturated heterocycles. The molecule has 0 radical (unpaired) electrons. The van der Waals surface area contributed by atoms with Gasteiger partial charge in [0.15, 0.2) is 0 Å². The molecule has 16 heavy (non-hydrogen) atoms. The first-order valence-corrected chi connectivity index (χ1v) is 5.46. The van der Waals surface area contributed by atoms with Gasteiger partial charge in [-0.2, -0.15) is 0 Å². The van der Waals surface area contributed by atoms with Crippen LogP contribution in [-0.2, 0) is 11.2 Å². The molecular weight excluding hydrogens is 206 g/mol. The number of hydrogen-bond donors (Lipinski definition) is 2. The van der Waals surface area contributed by atoms with E-state index in [4.69, 9.17) is 9.84 Å². The number of aliphatic carboxylic acids is 1. The minimum atomic E-state index is -0.822. The van der Waals surface area contributed by atoms with Crippen LogP contribution in [0.2, 0.25) is 0 Å². The van der Waals surface area contributed by atoms with Gasteiger partial charge in [-0.05, 0) is 18.6 Å². The summed E-state index contributed by atoms with van der Waals surface area (Å²) in [5, 5.41) is 11.9. The van der Waals surface area contributed by atoms with Gasteiger partial charge in [-0.1, -0.05) is 13.0 Å². The summed E-state index contributed by atoms with van der Waals surface area (Å²) in [5.74, 6) is -0.0201. The monoisotopic (exact) mass is 221 g/mol. The van der Waals surface area contributed by atoms with Crippen molar-refractivity contribution >= 4 is 11.7 Å². The number of carbonyl (C=O) groups is 1. The highest BCUT2D eigenvalue weighted by Crippen LogP contribution is 2.33. The average molecular weight is 221 g/mol. The van der Waals surface area contributed by atoms with Crippen molar-refractivity contribution in [3.8, 4) is 5.75 Å². The zero-order chi connectivity index (χ0) is 11.5. The molecule has 4 heteroatoms. The minimum Gasteiger partial charge on any atom is -0.493 e. The van der Waals surface area contributed by atoms with Crippen LogP contribution in [0.5, 0.6) is 5.75 Å². The van der Waals surface area contributed by atoms with Gasteiger partial charge in [0.25, 0.3) is 0 Å². The second-order valence-electron chi connectivity index (χ2n) is 3.87. The van der Waals surface area contributed by atoms with Crippen molar-refractivity contribution < 1.29 is 14.6 Å². The third-order valence-electron chi connectivity index (χ3n) is 2.63. The fourth-order valence-corrected chi connectivity index (χ4v) is 1.85. The fraction of sp³-hybridized carbons (Fsp3) is 0.417. The normalized spacial score (nSPS) is 17.7. The molecule has 0 bridgehead atoms.